The fraction of sp³-hybridized carbons (Fsp3) is 0.650. The van der Waals surface area contributed by atoms with Crippen LogP contribution in [0.3, 0.4) is 0 Å². The van der Waals surface area contributed by atoms with Gasteiger partial charge in [-0.15, -0.1) is 0 Å². The zero-order valence-corrected chi connectivity index (χ0v) is 17.3. The predicted octanol–water partition coefficient (Wildman–Crippen LogP) is 2.71. The Balaban J connectivity index is 0.000000277. The van der Waals surface area contributed by atoms with Crippen molar-refractivity contribution in [3.05, 3.63) is 33.9 Å². The van der Waals surface area contributed by atoms with Gasteiger partial charge >= 0.3 is 5.97 Å². The normalized spacial score (nSPS) is 10.4. The lowest BCUT2D eigenvalue weighted by Crippen LogP contribution is -2.09. The van der Waals surface area contributed by atoms with Gasteiger partial charge in [0.1, 0.15) is 0 Å². The van der Waals surface area contributed by atoms with Gasteiger partial charge in [-0.3, -0.25) is 15.0 Å². The number of rotatable bonds is 9. The molecular weight excluding hydrogens is 344 g/mol. The van der Waals surface area contributed by atoms with Crippen LogP contribution >= 0.6 is 0 Å². The van der Waals surface area contributed by atoms with Crippen LogP contribution in [0.5, 0.6) is 0 Å². The number of carbonyl (C=O) groups excluding carboxylic acids is 1. The molecule has 7 nitrogen and oxygen atoms in total. The Morgan fingerprint density at radius 3 is 1.85 bits per heavy atom. The van der Waals surface area contributed by atoms with Crippen LogP contribution in [0.1, 0.15) is 68.5 Å². The summed E-state index contributed by atoms with van der Waals surface area (Å²) in [6.07, 6.45) is 4.65. The van der Waals surface area contributed by atoms with E-state index in [1.807, 2.05) is 20.8 Å². The highest BCUT2D eigenvalue weighted by Gasteiger charge is 2.14. The maximum atomic E-state index is 11.4. The monoisotopic (exact) mass is 378 g/mol. The Bertz CT molecular complexity index is 648. The molecule has 152 valence electrons. The molecule has 0 saturated heterocycles. The molecule has 2 rings (SSSR count). The van der Waals surface area contributed by atoms with Crippen LogP contribution in [-0.2, 0) is 48.1 Å². The molecule has 2 aromatic rings. The van der Waals surface area contributed by atoms with Crippen molar-refractivity contribution in [1.82, 2.24) is 20.4 Å². The third-order valence-electron chi connectivity index (χ3n) is 4.44. The van der Waals surface area contributed by atoms with Gasteiger partial charge in [-0.05, 0) is 44.6 Å². The first kappa shape index (κ1) is 22.9. The number of aromatic nitrogens is 4. The first-order valence-electron chi connectivity index (χ1n) is 9.92. The van der Waals surface area contributed by atoms with Crippen LogP contribution in [0.4, 0.5) is 0 Å². The van der Waals surface area contributed by atoms with Crippen LogP contribution in [0.25, 0.3) is 0 Å². The van der Waals surface area contributed by atoms with Gasteiger partial charge in [0.05, 0.1) is 24.4 Å². The molecule has 0 aliphatic heterocycles. The third kappa shape index (κ3) is 6.50. The number of aromatic amines is 2. The summed E-state index contributed by atoms with van der Waals surface area (Å²) in [5, 5.41) is 23.2. The molecule has 0 unspecified atom stereocenters. The summed E-state index contributed by atoms with van der Waals surface area (Å²) in [4.78, 5) is 11.4. The second kappa shape index (κ2) is 12.3. The van der Waals surface area contributed by atoms with E-state index in [0.29, 0.717) is 13.0 Å². The Morgan fingerprint density at radius 1 is 0.889 bits per heavy atom. The standard InChI is InChI=1S/C11H18N2O2.C9H16N2O/c1-4-9-8(7-11(14)15-6-3)10(5-2)13-12-9;1-3-8-7(5-6-12)9(4-2)11-10-8/h4-7H2,1-3H3,(H,12,13);12H,3-6H2,1-2H3,(H,10,11). The molecule has 0 spiro atoms. The maximum absolute atomic E-state index is 11.4. The molecule has 2 aromatic heterocycles. The van der Waals surface area contributed by atoms with Crippen LogP contribution in [0, 0.1) is 0 Å². The summed E-state index contributed by atoms with van der Waals surface area (Å²) in [6, 6.07) is 0. The Morgan fingerprint density at radius 2 is 1.41 bits per heavy atom. The van der Waals surface area contributed by atoms with Gasteiger partial charge in [-0.2, -0.15) is 10.2 Å². The van der Waals surface area contributed by atoms with Crippen molar-refractivity contribution in [2.24, 2.45) is 0 Å². The van der Waals surface area contributed by atoms with E-state index < -0.39 is 0 Å². The molecule has 0 atom stereocenters. The maximum Gasteiger partial charge on any atom is 0.310 e. The molecule has 0 aliphatic carbocycles. The van der Waals surface area contributed by atoms with Crippen molar-refractivity contribution >= 4 is 5.97 Å². The predicted molar refractivity (Wildman–Crippen MR) is 106 cm³/mol. The highest BCUT2D eigenvalue weighted by Crippen LogP contribution is 2.14. The molecule has 7 heteroatoms. The highest BCUT2D eigenvalue weighted by atomic mass is 16.5. The largest absolute Gasteiger partial charge is 0.466 e. The Hall–Kier alpha value is -2.15. The topological polar surface area (TPSA) is 104 Å². The smallest absolute Gasteiger partial charge is 0.310 e. The zero-order chi connectivity index (χ0) is 20.2. The lowest BCUT2D eigenvalue weighted by Gasteiger charge is -2.03. The fourth-order valence-electron chi connectivity index (χ4n) is 3.03. The lowest BCUT2D eigenvalue weighted by molar-refractivity contribution is -0.142. The number of esters is 1. The van der Waals surface area contributed by atoms with Gasteiger partial charge in [0.2, 0.25) is 0 Å². The third-order valence-corrected chi connectivity index (χ3v) is 4.44. The first-order chi connectivity index (χ1) is 13.1. The molecule has 0 radical (unpaired) electrons. The minimum atomic E-state index is -0.178. The van der Waals surface area contributed by atoms with E-state index in [1.165, 1.54) is 11.3 Å². The molecule has 0 bridgehead atoms. The second-order valence-electron chi connectivity index (χ2n) is 6.12. The van der Waals surface area contributed by atoms with E-state index in [4.69, 9.17) is 9.84 Å². The van der Waals surface area contributed by atoms with E-state index >= 15 is 0 Å². The number of aliphatic hydroxyl groups excluding tert-OH is 1. The highest BCUT2D eigenvalue weighted by molar-refractivity contribution is 5.73. The Labute approximate surface area is 161 Å². The van der Waals surface area contributed by atoms with Gasteiger partial charge in [-0.1, -0.05) is 27.7 Å². The molecule has 0 fully saturated rings. The molecule has 3 N–H and O–H groups in total. The average Bonchev–Trinajstić information content (AvgIpc) is 3.25. The summed E-state index contributed by atoms with van der Waals surface area (Å²) in [5.74, 6) is -0.178. The number of hydrogen-bond acceptors (Lipinski definition) is 5. The van der Waals surface area contributed by atoms with Gasteiger partial charge < -0.3 is 9.84 Å². The summed E-state index contributed by atoms with van der Waals surface area (Å²) in [6.45, 7) is 10.7. The molecule has 0 amide bonds. The van der Waals surface area contributed by atoms with E-state index in [2.05, 4.69) is 34.2 Å². The van der Waals surface area contributed by atoms with Gasteiger partial charge in [0, 0.05) is 23.6 Å². The zero-order valence-electron chi connectivity index (χ0n) is 17.3. The molecule has 2 heterocycles. The van der Waals surface area contributed by atoms with Gasteiger partial charge in [0.15, 0.2) is 0 Å². The number of aliphatic hydroxyl groups is 1. The van der Waals surface area contributed by atoms with Crippen LogP contribution in [0.2, 0.25) is 0 Å². The summed E-state index contributed by atoms with van der Waals surface area (Å²) in [5.41, 5.74) is 6.50. The van der Waals surface area contributed by atoms with Crippen molar-refractivity contribution in [1.29, 1.82) is 0 Å². The van der Waals surface area contributed by atoms with Gasteiger partial charge in [-0.25, -0.2) is 0 Å². The number of carbonyl (C=O) groups is 1. The average molecular weight is 379 g/mol. The molecule has 0 aliphatic rings. The summed E-state index contributed by atoms with van der Waals surface area (Å²) >= 11 is 0. The Kier molecular flexibility index (Phi) is 10.4. The number of nitrogens with zero attached hydrogens (tertiary/aromatic N) is 2. The first-order valence-corrected chi connectivity index (χ1v) is 9.92. The summed E-state index contributed by atoms with van der Waals surface area (Å²) in [7, 11) is 0. The van der Waals surface area contributed by atoms with Gasteiger partial charge in [0.25, 0.3) is 0 Å². The van der Waals surface area contributed by atoms with Crippen LogP contribution in [0.15, 0.2) is 0 Å². The number of H-pyrrole nitrogens is 2. The van der Waals surface area contributed by atoms with Crippen molar-refractivity contribution in [3.63, 3.8) is 0 Å². The summed E-state index contributed by atoms with van der Waals surface area (Å²) < 4.78 is 4.93. The van der Waals surface area contributed by atoms with E-state index in [1.54, 1.807) is 0 Å². The molecule has 0 saturated carbocycles. The van der Waals surface area contributed by atoms with E-state index in [9.17, 15) is 4.79 Å². The van der Waals surface area contributed by atoms with Crippen molar-refractivity contribution in [2.75, 3.05) is 13.2 Å². The molecular formula is C20H34N4O3. The SMILES string of the molecule is CCOC(=O)Cc1c(CC)n[nH]c1CC.CCc1n[nH]c(CC)c1CCO. The van der Waals surface area contributed by atoms with Crippen molar-refractivity contribution < 1.29 is 14.6 Å². The quantitative estimate of drug-likeness (QED) is 0.582. The van der Waals surface area contributed by atoms with Crippen molar-refractivity contribution in [2.45, 2.75) is 73.1 Å². The molecule has 0 aromatic carbocycles. The lowest BCUT2D eigenvalue weighted by atomic mass is 10.1. The minimum absolute atomic E-state index is 0.178. The van der Waals surface area contributed by atoms with Crippen LogP contribution in [-0.4, -0.2) is 44.7 Å². The van der Waals surface area contributed by atoms with Crippen LogP contribution < -0.4 is 0 Å². The minimum Gasteiger partial charge on any atom is -0.466 e. The number of hydrogen-bond donors (Lipinski definition) is 3. The van der Waals surface area contributed by atoms with Crippen molar-refractivity contribution in [3.8, 4) is 0 Å². The van der Waals surface area contributed by atoms with E-state index in [-0.39, 0.29) is 12.6 Å². The molecule has 27 heavy (non-hydrogen) atoms. The second-order valence-corrected chi connectivity index (χ2v) is 6.12. The fourth-order valence-corrected chi connectivity index (χ4v) is 3.03. The number of ether oxygens (including phenoxy) is 1. The number of nitrogens with one attached hydrogen (secondary N) is 2. The number of aryl methyl sites for hydroxylation is 4. The van der Waals surface area contributed by atoms with E-state index in [0.717, 1.165) is 54.7 Å².